The number of nitro benzene ring substituents is 1. The van der Waals surface area contributed by atoms with Crippen LogP contribution in [0.1, 0.15) is 12.5 Å². The summed E-state index contributed by atoms with van der Waals surface area (Å²) in [5, 5.41) is 19.8. The zero-order valence-electron chi connectivity index (χ0n) is 8.51. The van der Waals surface area contributed by atoms with Crippen molar-refractivity contribution >= 4 is 23.3 Å². The molecule has 0 aliphatic heterocycles. The van der Waals surface area contributed by atoms with Crippen LogP contribution < -0.4 is 0 Å². The van der Waals surface area contributed by atoms with Crippen LogP contribution in [0.4, 0.5) is 5.69 Å². The Morgan fingerprint density at radius 1 is 1.62 bits per heavy atom. The number of halogens is 1. The molecule has 0 saturated carbocycles. The van der Waals surface area contributed by atoms with Crippen molar-refractivity contribution < 1.29 is 14.8 Å². The van der Waals surface area contributed by atoms with Crippen molar-refractivity contribution in [1.29, 1.82) is 0 Å². The van der Waals surface area contributed by atoms with E-state index in [-0.39, 0.29) is 12.1 Å². The number of rotatable bonds is 4. The molecule has 0 bridgehead atoms. The summed E-state index contributed by atoms with van der Waals surface area (Å²) >= 11 is 5.71. The lowest BCUT2D eigenvalue weighted by Gasteiger charge is -2.07. The Bertz CT molecular complexity index is 433. The van der Waals surface area contributed by atoms with E-state index in [9.17, 15) is 14.9 Å². The number of carbonyl (C=O) groups is 1. The third-order valence-electron chi connectivity index (χ3n) is 2.19. The number of nitro groups is 1. The van der Waals surface area contributed by atoms with E-state index in [4.69, 9.17) is 16.7 Å². The van der Waals surface area contributed by atoms with Crippen LogP contribution in [-0.2, 0) is 11.2 Å². The van der Waals surface area contributed by atoms with Gasteiger partial charge < -0.3 is 5.11 Å². The van der Waals surface area contributed by atoms with Gasteiger partial charge in [0.1, 0.15) is 0 Å². The highest BCUT2D eigenvalue weighted by atomic mass is 35.5. The van der Waals surface area contributed by atoms with E-state index in [0.29, 0.717) is 10.6 Å². The largest absolute Gasteiger partial charge is 0.481 e. The SMILES string of the molecule is CC(Cc1cc(Cl)ccc1[N+](=O)[O-])C(=O)O. The van der Waals surface area contributed by atoms with Crippen LogP contribution in [0, 0.1) is 16.0 Å². The molecule has 1 atom stereocenters. The maximum atomic E-state index is 10.7. The fourth-order valence-corrected chi connectivity index (χ4v) is 1.51. The molecule has 16 heavy (non-hydrogen) atoms. The molecule has 1 rings (SSSR count). The predicted molar refractivity (Wildman–Crippen MR) is 58.6 cm³/mol. The summed E-state index contributed by atoms with van der Waals surface area (Å²) in [4.78, 5) is 20.8. The van der Waals surface area contributed by atoms with E-state index in [1.54, 1.807) is 0 Å². The van der Waals surface area contributed by atoms with Crippen LogP contribution >= 0.6 is 11.6 Å². The van der Waals surface area contributed by atoms with E-state index in [2.05, 4.69) is 0 Å². The van der Waals surface area contributed by atoms with Crippen molar-refractivity contribution in [2.24, 2.45) is 5.92 Å². The smallest absolute Gasteiger partial charge is 0.306 e. The minimum Gasteiger partial charge on any atom is -0.481 e. The van der Waals surface area contributed by atoms with Gasteiger partial charge in [-0.1, -0.05) is 18.5 Å². The quantitative estimate of drug-likeness (QED) is 0.651. The van der Waals surface area contributed by atoms with Crippen LogP contribution in [0.25, 0.3) is 0 Å². The summed E-state index contributed by atoms with van der Waals surface area (Å²) < 4.78 is 0. The van der Waals surface area contributed by atoms with E-state index >= 15 is 0 Å². The second-order valence-corrected chi connectivity index (χ2v) is 3.91. The van der Waals surface area contributed by atoms with E-state index in [1.807, 2.05) is 0 Å². The average molecular weight is 244 g/mol. The molecule has 0 aliphatic carbocycles. The van der Waals surface area contributed by atoms with Gasteiger partial charge in [-0.3, -0.25) is 14.9 Å². The lowest BCUT2D eigenvalue weighted by Crippen LogP contribution is -2.13. The topological polar surface area (TPSA) is 80.4 Å². The molecule has 1 unspecified atom stereocenters. The summed E-state index contributed by atoms with van der Waals surface area (Å²) in [6.07, 6.45) is 0.0895. The van der Waals surface area contributed by atoms with Gasteiger partial charge in [0.15, 0.2) is 0 Å². The van der Waals surface area contributed by atoms with Gasteiger partial charge in [-0.2, -0.15) is 0 Å². The Balaban J connectivity index is 3.05. The lowest BCUT2D eigenvalue weighted by molar-refractivity contribution is -0.385. The first kappa shape index (κ1) is 12.4. The monoisotopic (exact) mass is 243 g/mol. The molecule has 0 saturated heterocycles. The molecule has 0 heterocycles. The Hall–Kier alpha value is -1.62. The average Bonchev–Trinajstić information content (AvgIpc) is 2.16. The van der Waals surface area contributed by atoms with Crippen LogP contribution in [0.3, 0.4) is 0 Å². The Labute approximate surface area is 96.8 Å². The summed E-state index contributed by atoms with van der Waals surface area (Å²) in [7, 11) is 0. The summed E-state index contributed by atoms with van der Waals surface area (Å²) in [5.74, 6) is -1.67. The molecule has 5 nitrogen and oxygen atoms in total. The van der Waals surface area contributed by atoms with Crippen LogP contribution in [0.2, 0.25) is 5.02 Å². The Morgan fingerprint density at radius 2 is 2.25 bits per heavy atom. The number of aliphatic carboxylic acids is 1. The molecule has 0 fully saturated rings. The molecule has 1 N–H and O–H groups in total. The predicted octanol–water partition coefficient (Wildman–Crippen LogP) is 2.51. The third-order valence-corrected chi connectivity index (χ3v) is 2.42. The van der Waals surface area contributed by atoms with Gasteiger partial charge in [0.05, 0.1) is 10.8 Å². The Morgan fingerprint density at radius 3 is 2.75 bits per heavy atom. The van der Waals surface area contributed by atoms with Gasteiger partial charge in [0, 0.05) is 16.7 Å². The maximum absolute atomic E-state index is 10.7. The first-order valence-corrected chi connectivity index (χ1v) is 4.95. The van der Waals surface area contributed by atoms with E-state index in [1.165, 1.54) is 25.1 Å². The molecule has 0 aliphatic rings. The van der Waals surface area contributed by atoms with Crippen LogP contribution in [0.15, 0.2) is 18.2 Å². The second-order valence-electron chi connectivity index (χ2n) is 3.47. The molecule has 0 amide bonds. The van der Waals surface area contributed by atoms with Crippen LogP contribution in [-0.4, -0.2) is 16.0 Å². The zero-order valence-corrected chi connectivity index (χ0v) is 9.27. The molecule has 1 aromatic carbocycles. The second kappa shape index (κ2) is 4.94. The summed E-state index contributed by atoms with van der Waals surface area (Å²) in [6.45, 7) is 1.49. The number of hydrogen-bond donors (Lipinski definition) is 1. The molecule has 6 heteroatoms. The molecule has 0 spiro atoms. The fourth-order valence-electron chi connectivity index (χ4n) is 1.31. The summed E-state index contributed by atoms with van der Waals surface area (Å²) in [5.41, 5.74) is 0.241. The van der Waals surface area contributed by atoms with Gasteiger partial charge in [0.2, 0.25) is 0 Å². The molecule has 0 aromatic heterocycles. The van der Waals surface area contributed by atoms with E-state index in [0.717, 1.165) is 0 Å². The summed E-state index contributed by atoms with van der Waals surface area (Å²) in [6, 6.07) is 4.12. The normalized spacial score (nSPS) is 12.1. The highest BCUT2D eigenvalue weighted by Gasteiger charge is 2.19. The van der Waals surface area contributed by atoms with Gasteiger partial charge in [-0.05, 0) is 18.6 Å². The molecule has 86 valence electrons. The fraction of sp³-hybridized carbons (Fsp3) is 0.300. The highest BCUT2D eigenvalue weighted by Crippen LogP contribution is 2.25. The number of hydrogen-bond acceptors (Lipinski definition) is 3. The minimum absolute atomic E-state index is 0.0895. The standard InChI is InChI=1S/C10H10ClNO4/c1-6(10(13)14)4-7-5-8(11)2-3-9(7)12(15)16/h2-3,5-6H,4H2,1H3,(H,13,14). The van der Waals surface area contributed by atoms with E-state index < -0.39 is 16.8 Å². The lowest BCUT2D eigenvalue weighted by atomic mass is 10.00. The van der Waals surface area contributed by atoms with Crippen molar-refractivity contribution in [2.45, 2.75) is 13.3 Å². The van der Waals surface area contributed by atoms with Crippen molar-refractivity contribution in [3.05, 3.63) is 38.9 Å². The third kappa shape index (κ3) is 2.93. The van der Waals surface area contributed by atoms with Crippen molar-refractivity contribution in [3.8, 4) is 0 Å². The van der Waals surface area contributed by atoms with Crippen molar-refractivity contribution in [3.63, 3.8) is 0 Å². The number of carboxylic acid groups (broad SMARTS) is 1. The number of carboxylic acids is 1. The Kier molecular flexibility index (Phi) is 3.84. The minimum atomic E-state index is -0.991. The van der Waals surface area contributed by atoms with Crippen molar-refractivity contribution in [2.75, 3.05) is 0 Å². The maximum Gasteiger partial charge on any atom is 0.306 e. The van der Waals surface area contributed by atoms with Gasteiger partial charge >= 0.3 is 5.97 Å². The molecular formula is C10H10ClNO4. The highest BCUT2D eigenvalue weighted by molar-refractivity contribution is 6.30. The van der Waals surface area contributed by atoms with Crippen LogP contribution in [0.5, 0.6) is 0 Å². The first-order chi connectivity index (χ1) is 7.41. The molecular weight excluding hydrogens is 234 g/mol. The van der Waals surface area contributed by atoms with Gasteiger partial charge in [-0.15, -0.1) is 0 Å². The number of nitrogens with zero attached hydrogens (tertiary/aromatic N) is 1. The zero-order chi connectivity index (χ0) is 12.3. The molecule has 0 radical (unpaired) electrons. The number of benzene rings is 1. The van der Waals surface area contributed by atoms with Gasteiger partial charge in [-0.25, -0.2) is 0 Å². The van der Waals surface area contributed by atoms with Crippen molar-refractivity contribution in [1.82, 2.24) is 0 Å². The first-order valence-electron chi connectivity index (χ1n) is 4.57. The molecule has 1 aromatic rings. The van der Waals surface area contributed by atoms with Gasteiger partial charge in [0.25, 0.3) is 5.69 Å².